The van der Waals surface area contributed by atoms with Crippen LogP contribution in [0.25, 0.3) is 0 Å². The molecule has 0 saturated heterocycles. The Morgan fingerprint density at radius 3 is 0.919 bits per heavy atom. The summed E-state index contributed by atoms with van der Waals surface area (Å²) in [4.78, 5) is 40.8. The third-order valence-corrected chi connectivity index (χ3v) is 10.2. The molecule has 0 heterocycles. The smallest absolute Gasteiger partial charge is 0.335 e. The van der Waals surface area contributed by atoms with Gasteiger partial charge >= 0.3 is 23.9 Å². The second kappa shape index (κ2) is 53.4. The fraction of sp³-hybridized carbons (Fsp3) is 0.484. The number of unbranched alkanes of at least 4 members (excludes halogenated alkanes) is 3. The van der Waals surface area contributed by atoms with Crippen molar-refractivity contribution < 1.29 is 60.0 Å². The van der Waals surface area contributed by atoms with Gasteiger partial charge in [0.15, 0.2) is 0 Å². The third-order valence-electron chi connectivity index (χ3n) is 10.2. The molecule has 0 amide bonds. The number of hydrogen-bond donors (Lipinski definition) is 8. The molecular formula is C62H96O12. The number of carboxylic acid groups (broad SMARTS) is 4. The maximum atomic E-state index is 10.2. The Morgan fingerprint density at radius 2 is 0.716 bits per heavy atom. The summed E-state index contributed by atoms with van der Waals surface area (Å²) < 4.78 is 0. The quantitative estimate of drug-likeness (QED) is 0.0242. The lowest BCUT2D eigenvalue weighted by atomic mass is 9.98. The number of aliphatic hydroxyl groups excluding tert-OH is 4. The lowest BCUT2D eigenvalue weighted by molar-refractivity contribution is 0.0686. The summed E-state index contributed by atoms with van der Waals surface area (Å²) in [5.74, 6) is -2.73. The summed E-state index contributed by atoms with van der Waals surface area (Å²) in [6.45, 7) is 24.2. The van der Waals surface area contributed by atoms with Crippen molar-refractivity contribution >= 4 is 23.9 Å². The maximum Gasteiger partial charge on any atom is 0.335 e. The number of rotatable bonds is 24. The van der Waals surface area contributed by atoms with Crippen LogP contribution < -0.4 is 0 Å². The molecule has 8 N–H and O–H groups in total. The van der Waals surface area contributed by atoms with Crippen LogP contribution in [0.3, 0.4) is 0 Å². The number of aliphatic hydroxyl groups is 4. The number of benzene rings is 4. The number of hydrogen-bond acceptors (Lipinski definition) is 8. The van der Waals surface area contributed by atoms with Crippen molar-refractivity contribution in [3.05, 3.63) is 168 Å². The fourth-order valence-electron chi connectivity index (χ4n) is 6.33. The van der Waals surface area contributed by atoms with E-state index < -0.39 is 23.9 Å². The minimum Gasteiger partial charge on any atom is -0.478 e. The molecule has 4 aromatic carbocycles. The van der Waals surface area contributed by atoms with Crippen LogP contribution in [0.15, 0.2) is 146 Å². The molecule has 0 bridgehead atoms. The first-order valence-corrected chi connectivity index (χ1v) is 26.4. The van der Waals surface area contributed by atoms with E-state index in [1.807, 2.05) is 13.8 Å². The zero-order valence-electron chi connectivity index (χ0n) is 46.2. The zero-order chi connectivity index (χ0) is 57.0. The predicted octanol–water partition coefficient (Wildman–Crippen LogP) is 15.1. The van der Waals surface area contributed by atoms with Crippen LogP contribution in [0, 0.1) is 5.92 Å². The Bertz CT molecular complexity index is 1690. The first kappa shape index (κ1) is 74.6. The van der Waals surface area contributed by atoms with Crippen molar-refractivity contribution in [2.45, 2.75) is 189 Å². The van der Waals surface area contributed by atoms with E-state index in [-0.39, 0.29) is 24.4 Å². The number of carbonyl (C=O) groups is 4. The molecule has 5 unspecified atom stereocenters. The van der Waals surface area contributed by atoms with Gasteiger partial charge in [0.05, 0.1) is 46.7 Å². The number of allylic oxidation sites excluding steroid dienone is 2. The largest absolute Gasteiger partial charge is 0.478 e. The van der Waals surface area contributed by atoms with E-state index in [1.165, 1.54) is 76.2 Å². The van der Waals surface area contributed by atoms with Crippen LogP contribution in [-0.4, -0.2) is 89.1 Å². The van der Waals surface area contributed by atoms with Crippen LogP contribution >= 0.6 is 0 Å². The highest BCUT2D eigenvalue weighted by molar-refractivity contribution is 5.88. The van der Waals surface area contributed by atoms with Gasteiger partial charge in [-0.25, -0.2) is 19.2 Å². The van der Waals surface area contributed by atoms with E-state index in [9.17, 15) is 19.2 Å². The summed E-state index contributed by atoms with van der Waals surface area (Å²) in [5.41, 5.74) is 2.76. The average Bonchev–Trinajstić information content (AvgIpc) is 3.37. The molecule has 0 aromatic heterocycles. The molecule has 12 nitrogen and oxygen atoms in total. The number of carboxylic acids is 4. The van der Waals surface area contributed by atoms with Gasteiger partial charge in [0.1, 0.15) is 0 Å². The van der Waals surface area contributed by atoms with Crippen molar-refractivity contribution in [3.8, 4) is 0 Å². The monoisotopic (exact) mass is 1030 g/mol. The van der Waals surface area contributed by atoms with Gasteiger partial charge in [-0.05, 0) is 126 Å². The Kier molecular flexibility index (Phi) is 53.8. The van der Waals surface area contributed by atoms with Crippen LogP contribution in [-0.2, 0) is 0 Å². The fourth-order valence-corrected chi connectivity index (χ4v) is 6.33. The van der Waals surface area contributed by atoms with Gasteiger partial charge in [0.25, 0.3) is 0 Å². The first-order chi connectivity index (χ1) is 35.2. The highest BCUT2D eigenvalue weighted by Crippen LogP contribution is 2.15. The van der Waals surface area contributed by atoms with Gasteiger partial charge in [-0.15, -0.1) is 6.58 Å². The highest BCUT2D eigenvalue weighted by Gasteiger charge is 2.06. The molecular weight excluding hydrogens is 937 g/mol. The second-order valence-electron chi connectivity index (χ2n) is 17.6. The molecule has 4 aromatic rings. The molecule has 416 valence electrons. The molecule has 0 saturated carbocycles. The molecule has 4 rings (SSSR count). The maximum absolute atomic E-state index is 10.2. The SMILES string of the molecule is C=C(CCC)CCCCC.C=CC(CCC)CCCC.CCCC(O)CC(C)O.CCCC(O)CC(C)O.O=C(O)c1ccccc1.O=C(O)c1ccccc1.O=C(O)c1ccccc1.O=C(O)c1ccccc1. The molecule has 0 fully saturated rings. The van der Waals surface area contributed by atoms with Crippen LogP contribution in [0.1, 0.15) is 206 Å². The lowest BCUT2D eigenvalue weighted by Gasteiger charge is -2.09. The van der Waals surface area contributed by atoms with Crippen LogP contribution in [0.2, 0.25) is 0 Å². The van der Waals surface area contributed by atoms with Crippen molar-refractivity contribution in [1.29, 1.82) is 0 Å². The van der Waals surface area contributed by atoms with Crippen LogP contribution in [0.4, 0.5) is 0 Å². The van der Waals surface area contributed by atoms with Gasteiger partial charge in [-0.3, -0.25) is 0 Å². The van der Waals surface area contributed by atoms with E-state index in [1.54, 1.807) is 135 Å². The third kappa shape index (κ3) is 52.4. The van der Waals surface area contributed by atoms with Crippen molar-refractivity contribution in [1.82, 2.24) is 0 Å². The minimum absolute atomic E-state index is 0.310. The zero-order valence-corrected chi connectivity index (χ0v) is 46.2. The van der Waals surface area contributed by atoms with E-state index in [0.29, 0.717) is 35.1 Å². The number of aromatic carboxylic acids is 4. The van der Waals surface area contributed by atoms with Gasteiger partial charge in [-0.2, -0.15) is 0 Å². The molecule has 0 aliphatic rings. The minimum atomic E-state index is -0.879. The van der Waals surface area contributed by atoms with E-state index >= 15 is 0 Å². The molecule has 0 aliphatic heterocycles. The first-order valence-electron chi connectivity index (χ1n) is 26.4. The predicted molar refractivity (Wildman–Crippen MR) is 304 cm³/mol. The summed E-state index contributed by atoms with van der Waals surface area (Å²) in [5, 5.41) is 69.2. The Balaban J connectivity index is -0.000000378. The van der Waals surface area contributed by atoms with Crippen molar-refractivity contribution in [2.75, 3.05) is 0 Å². The molecule has 12 heteroatoms. The molecule has 5 atom stereocenters. The Labute approximate surface area is 445 Å². The standard InChI is InChI=1S/2C10H20.4C7H6O2.2C7H16O2/c1-4-6-7-9-10(3)8-5-2;1-4-7-9-10(6-3)8-5-2;4*8-7(9)6-4-2-1-3-5-6;2*1-3-4-7(9)5-6(2)8/h3-9H2,1-2H3;6,10H,3-5,7-9H2,1-2H3;4*1-5H,(H,8,9);2*6-9H,3-5H2,1-2H3. The van der Waals surface area contributed by atoms with E-state index in [0.717, 1.165) is 31.6 Å². The van der Waals surface area contributed by atoms with E-state index in [2.05, 4.69) is 46.9 Å². The normalized spacial score (nSPS) is 11.6. The second-order valence-corrected chi connectivity index (χ2v) is 17.6. The Hall–Kier alpha value is -5.92. The average molecular weight is 1030 g/mol. The van der Waals surface area contributed by atoms with Crippen molar-refractivity contribution in [2.24, 2.45) is 5.92 Å². The summed E-state index contributed by atoms with van der Waals surface area (Å²) in [6, 6.07) is 33.2. The van der Waals surface area contributed by atoms with Crippen molar-refractivity contribution in [3.63, 3.8) is 0 Å². The van der Waals surface area contributed by atoms with Gasteiger partial charge in [-0.1, -0.05) is 184 Å². The summed E-state index contributed by atoms with van der Waals surface area (Å²) >= 11 is 0. The molecule has 74 heavy (non-hydrogen) atoms. The highest BCUT2D eigenvalue weighted by atomic mass is 16.4. The Morgan fingerprint density at radius 1 is 0.419 bits per heavy atom. The topological polar surface area (TPSA) is 230 Å². The van der Waals surface area contributed by atoms with Crippen LogP contribution in [0.5, 0.6) is 0 Å². The van der Waals surface area contributed by atoms with Gasteiger partial charge in [0.2, 0.25) is 0 Å². The summed E-state index contributed by atoms with van der Waals surface area (Å²) in [7, 11) is 0. The molecule has 0 aliphatic carbocycles. The lowest BCUT2D eigenvalue weighted by Crippen LogP contribution is -2.14. The van der Waals surface area contributed by atoms with E-state index in [4.69, 9.17) is 40.9 Å². The summed E-state index contributed by atoms with van der Waals surface area (Å²) in [6.07, 6.45) is 19.7. The van der Waals surface area contributed by atoms with Gasteiger partial charge in [0, 0.05) is 0 Å². The van der Waals surface area contributed by atoms with Gasteiger partial charge < -0.3 is 40.9 Å². The molecule has 0 spiro atoms. The molecule has 0 radical (unpaired) electrons.